The largest absolute Gasteiger partial charge is 0.333 e. The van der Waals surface area contributed by atoms with Gasteiger partial charge in [0.1, 0.15) is 0 Å². The molecule has 1 aromatic heterocycles. The quantitative estimate of drug-likeness (QED) is 0.809. The Labute approximate surface area is 135 Å². The van der Waals surface area contributed by atoms with Crippen LogP contribution >= 0.6 is 12.4 Å². The molecule has 1 aromatic carbocycles. The molecule has 4 nitrogen and oxygen atoms in total. The number of hydrogen-bond acceptors (Lipinski definition) is 3. The van der Waals surface area contributed by atoms with E-state index in [4.69, 9.17) is 5.73 Å². The number of rotatable bonds is 8. The van der Waals surface area contributed by atoms with E-state index in [2.05, 4.69) is 22.1 Å². The molecule has 0 saturated heterocycles. The molecule has 7 heteroatoms. The summed E-state index contributed by atoms with van der Waals surface area (Å²) in [4.78, 5) is 2.13. The van der Waals surface area contributed by atoms with Crippen LogP contribution in [0.2, 0.25) is 0 Å². The Morgan fingerprint density at radius 1 is 1.14 bits per heavy atom. The first kappa shape index (κ1) is 18.5. The predicted molar refractivity (Wildman–Crippen MR) is 85.2 cm³/mol. The highest BCUT2D eigenvalue weighted by Gasteiger charge is 2.11. The van der Waals surface area contributed by atoms with Crippen LogP contribution in [0, 0.1) is 0 Å². The number of hydrogen-bond donors (Lipinski definition) is 1. The summed E-state index contributed by atoms with van der Waals surface area (Å²) in [6, 6.07) is 11.8. The maximum atomic E-state index is 12.5. The third-order valence-corrected chi connectivity index (χ3v) is 3.25. The van der Waals surface area contributed by atoms with Crippen molar-refractivity contribution in [2.24, 2.45) is 5.73 Å². The van der Waals surface area contributed by atoms with Gasteiger partial charge in [0.05, 0.1) is 5.69 Å². The van der Waals surface area contributed by atoms with Gasteiger partial charge in [-0.3, -0.25) is 4.90 Å². The van der Waals surface area contributed by atoms with E-state index < -0.39 is 6.55 Å². The van der Waals surface area contributed by atoms with Crippen molar-refractivity contribution in [2.45, 2.75) is 19.5 Å². The van der Waals surface area contributed by atoms with Crippen LogP contribution in [0.5, 0.6) is 0 Å². The van der Waals surface area contributed by atoms with Crippen molar-refractivity contribution in [1.82, 2.24) is 14.7 Å². The standard InChI is InChI=1S/C15H20F2N4.ClH/c16-15(17)21-10-7-14(19-21)12-20(11-8-18)9-6-13-4-2-1-3-5-13;/h1-5,7,10,15H,6,8-9,11-12,18H2;1H. The molecule has 22 heavy (non-hydrogen) atoms. The second-order valence-corrected chi connectivity index (χ2v) is 4.87. The van der Waals surface area contributed by atoms with Crippen LogP contribution in [0.3, 0.4) is 0 Å². The van der Waals surface area contributed by atoms with E-state index in [0.717, 1.165) is 13.0 Å². The normalized spacial score (nSPS) is 11.0. The lowest BCUT2D eigenvalue weighted by Gasteiger charge is -2.20. The van der Waals surface area contributed by atoms with Gasteiger partial charge in [-0.1, -0.05) is 30.3 Å². The monoisotopic (exact) mass is 330 g/mol. The van der Waals surface area contributed by atoms with Gasteiger partial charge < -0.3 is 5.73 Å². The highest BCUT2D eigenvalue weighted by molar-refractivity contribution is 5.85. The van der Waals surface area contributed by atoms with Crippen molar-refractivity contribution in [3.8, 4) is 0 Å². The fourth-order valence-electron chi connectivity index (χ4n) is 2.18. The summed E-state index contributed by atoms with van der Waals surface area (Å²) in [6.45, 7) is 0.0108. The number of nitrogens with zero attached hydrogens (tertiary/aromatic N) is 3. The Morgan fingerprint density at radius 2 is 1.86 bits per heavy atom. The van der Waals surface area contributed by atoms with Crippen LogP contribution in [-0.2, 0) is 13.0 Å². The molecule has 0 atom stereocenters. The first-order valence-corrected chi connectivity index (χ1v) is 6.97. The highest BCUT2D eigenvalue weighted by Crippen LogP contribution is 2.10. The van der Waals surface area contributed by atoms with Gasteiger partial charge in [0, 0.05) is 32.4 Å². The summed E-state index contributed by atoms with van der Waals surface area (Å²) < 4.78 is 25.7. The van der Waals surface area contributed by atoms with Crippen LogP contribution in [0.1, 0.15) is 17.8 Å². The van der Waals surface area contributed by atoms with Crippen molar-refractivity contribution >= 4 is 12.4 Å². The van der Waals surface area contributed by atoms with E-state index in [0.29, 0.717) is 30.0 Å². The molecule has 0 amide bonds. The number of benzene rings is 1. The molecule has 1 heterocycles. The first-order chi connectivity index (χ1) is 10.2. The van der Waals surface area contributed by atoms with Gasteiger partial charge >= 0.3 is 6.55 Å². The second kappa shape index (κ2) is 9.50. The molecule has 0 aliphatic carbocycles. The lowest BCUT2D eigenvalue weighted by atomic mass is 10.1. The van der Waals surface area contributed by atoms with Crippen LogP contribution in [0.15, 0.2) is 42.6 Å². The Kier molecular flexibility index (Phi) is 8.01. The topological polar surface area (TPSA) is 47.1 Å². The maximum Gasteiger partial charge on any atom is 0.333 e. The number of alkyl halides is 2. The van der Waals surface area contributed by atoms with Crippen molar-refractivity contribution in [3.63, 3.8) is 0 Å². The summed E-state index contributed by atoms with van der Waals surface area (Å²) >= 11 is 0. The zero-order chi connectivity index (χ0) is 15.1. The van der Waals surface area contributed by atoms with Crippen LogP contribution in [0.4, 0.5) is 8.78 Å². The zero-order valence-electron chi connectivity index (χ0n) is 12.2. The van der Waals surface area contributed by atoms with Crippen molar-refractivity contribution in [2.75, 3.05) is 19.6 Å². The average molecular weight is 331 g/mol. The molecule has 0 bridgehead atoms. The molecular formula is C15H21ClF2N4. The summed E-state index contributed by atoms with van der Waals surface area (Å²) in [6.07, 6.45) is 2.20. The highest BCUT2D eigenvalue weighted by atomic mass is 35.5. The predicted octanol–water partition coefficient (Wildman–Crippen LogP) is 2.70. The van der Waals surface area contributed by atoms with Crippen molar-refractivity contribution in [3.05, 3.63) is 53.9 Å². The van der Waals surface area contributed by atoms with E-state index >= 15 is 0 Å². The second-order valence-electron chi connectivity index (χ2n) is 4.87. The molecule has 0 saturated carbocycles. The van der Waals surface area contributed by atoms with Gasteiger partial charge in [-0.25, -0.2) is 4.68 Å². The Bertz CT molecular complexity index is 533. The van der Waals surface area contributed by atoms with Gasteiger partial charge in [0.15, 0.2) is 0 Å². The van der Waals surface area contributed by atoms with Crippen LogP contribution in [-0.4, -0.2) is 34.3 Å². The van der Waals surface area contributed by atoms with Crippen LogP contribution in [0.25, 0.3) is 0 Å². The van der Waals surface area contributed by atoms with Crippen LogP contribution < -0.4 is 5.73 Å². The SMILES string of the molecule is Cl.NCCN(CCc1ccccc1)Cc1ccn(C(F)F)n1. The molecule has 0 spiro atoms. The van der Waals surface area contributed by atoms with Gasteiger partial charge in [-0.15, -0.1) is 12.4 Å². The summed E-state index contributed by atoms with van der Waals surface area (Å²) in [5, 5.41) is 3.87. The summed E-state index contributed by atoms with van der Waals surface area (Å²) in [5.74, 6) is 0. The van der Waals surface area contributed by atoms with E-state index in [9.17, 15) is 8.78 Å². The molecule has 0 aliphatic rings. The molecule has 122 valence electrons. The third-order valence-electron chi connectivity index (χ3n) is 3.25. The molecule has 2 N–H and O–H groups in total. The van der Waals surface area contributed by atoms with Gasteiger partial charge in [-0.2, -0.15) is 13.9 Å². The summed E-state index contributed by atoms with van der Waals surface area (Å²) in [5.41, 5.74) is 7.50. The third kappa shape index (κ3) is 5.71. The van der Waals surface area contributed by atoms with E-state index in [1.54, 1.807) is 6.07 Å². The van der Waals surface area contributed by atoms with Crippen molar-refractivity contribution in [1.29, 1.82) is 0 Å². The van der Waals surface area contributed by atoms with Gasteiger partial charge in [-0.05, 0) is 18.1 Å². The lowest BCUT2D eigenvalue weighted by molar-refractivity contribution is 0.0558. The average Bonchev–Trinajstić information content (AvgIpc) is 2.95. The number of halogens is 3. The first-order valence-electron chi connectivity index (χ1n) is 6.97. The minimum Gasteiger partial charge on any atom is -0.329 e. The Morgan fingerprint density at radius 3 is 2.45 bits per heavy atom. The molecule has 0 unspecified atom stereocenters. The van der Waals surface area contributed by atoms with Gasteiger partial charge in [0.2, 0.25) is 0 Å². The Hall–Kier alpha value is -1.50. The molecule has 0 radical (unpaired) electrons. The lowest BCUT2D eigenvalue weighted by Crippen LogP contribution is -2.31. The molecular weight excluding hydrogens is 310 g/mol. The maximum absolute atomic E-state index is 12.5. The van der Waals surface area contributed by atoms with Crippen molar-refractivity contribution < 1.29 is 8.78 Å². The smallest absolute Gasteiger partial charge is 0.329 e. The minimum absolute atomic E-state index is 0. The fourth-order valence-corrected chi connectivity index (χ4v) is 2.18. The molecule has 0 aliphatic heterocycles. The minimum atomic E-state index is -2.59. The van der Waals surface area contributed by atoms with E-state index in [-0.39, 0.29) is 12.4 Å². The Balaban J connectivity index is 0.00000242. The fraction of sp³-hybridized carbons (Fsp3) is 0.400. The molecule has 2 aromatic rings. The van der Waals surface area contributed by atoms with E-state index in [1.807, 2.05) is 18.2 Å². The van der Waals surface area contributed by atoms with E-state index in [1.165, 1.54) is 11.8 Å². The molecule has 2 rings (SSSR count). The summed E-state index contributed by atoms with van der Waals surface area (Å²) in [7, 11) is 0. The van der Waals surface area contributed by atoms with Gasteiger partial charge in [0.25, 0.3) is 0 Å². The number of nitrogens with two attached hydrogens (primary N) is 1. The number of aromatic nitrogens is 2. The zero-order valence-corrected chi connectivity index (χ0v) is 13.1. The molecule has 0 fully saturated rings.